The monoisotopic (exact) mass is 356 g/mol. The Bertz CT molecular complexity index is 557. The second kappa shape index (κ2) is 9.13. The van der Waals surface area contributed by atoms with Gasteiger partial charge in [-0.2, -0.15) is 0 Å². The predicted molar refractivity (Wildman–Crippen MR) is 93.9 cm³/mol. The average Bonchev–Trinajstić information content (AvgIpc) is 2.99. The number of rotatable bonds is 8. The van der Waals surface area contributed by atoms with E-state index in [1.165, 1.54) is 18.4 Å². The summed E-state index contributed by atoms with van der Waals surface area (Å²) >= 11 is 1.22. The van der Waals surface area contributed by atoms with Gasteiger partial charge in [0.1, 0.15) is 11.1 Å². The van der Waals surface area contributed by atoms with Crippen molar-refractivity contribution in [3.8, 4) is 0 Å². The number of nitrogens with zero attached hydrogens (tertiary/aromatic N) is 2. The first-order valence-electron chi connectivity index (χ1n) is 8.14. The molecule has 1 amide bonds. The van der Waals surface area contributed by atoms with Crippen LogP contribution in [0.25, 0.3) is 0 Å². The smallest absolute Gasteiger partial charge is 0.357 e. The Morgan fingerprint density at radius 2 is 1.96 bits per heavy atom. The number of hydrogen-bond acceptors (Lipinski definition) is 6. The van der Waals surface area contributed by atoms with Crippen molar-refractivity contribution in [3.05, 3.63) is 16.1 Å². The maximum absolute atomic E-state index is 12.3. The van der Waals surface area contributed by atoms with Crippen molar-refractivity contribution in [1.82, 2.24) is 9.88 Å². The Balaban J connectivity index is 2.82. The van der Waals surface area contributed by atoms with Gasteiger partial charge < -0.3 is 14.7 Å². The molecule has 0 saturated carbocycles. The van der Waals surface area contributed by atoms with E-state index in [0.717, 1.165) is 0 Å². The predicted octanol–water partition coefficient (Wildman–Crippen LogP) is 2.88. The van der Waals surface area contributed by atoms with Crippen LogP contribution in [0.3, 0.4) is 0 Å². The number of thiazole rings is 1. The lowest BCUT2D eigenvalue weighted by Crippen LogP contribution is -2.41. The molecule has 1 rings (SSSR count). The molecule has 0 aliphatic carbocycles. The third kappa shape index (κ3) is 5.56. The van der Waals surface area contributed by atoms with Gasteiger partial charge in [-0.15, -0.1) is 11.3 Å². The van der Waals surface area contributed by atoms with Gasteiger partial charge in [-0.3, -0.25) is 4.79 Å². The molecule has 7 heteroatoms. The zero-order chi connectivity index (χ0) is 18.4. The Kier molecular flexibility index (Phi) is 7.83. The fourth-order valence-electron chi connectivity index (χ4n) is 2.52. The lowest BCUT2D eigenvalue weighted by atomic mass is 9.95. The van der Waals surface area contributed by atoms with Crippen molar-refractivity contribution in [3.63, 3.8) is 0 Å². The quantitative estimate of drug-likeness (QED) is 0.725. The largest absolute Gasteiger partial charge is 0.464 e. The van der Waals surface area contributed by atoms with Crippen LogP contribution in [0.4, 0.5) is 0 Å². The van der Waals surface area contributed by atoms with E-state index in [-0.39, 0.29) is 23.6 Å². The van der Waals surface area contributed by atoms with E-state index < -0.39 is 12.1 Å². The molecule has 0 fully saturated rings. The molecule has 2 atom stereocenters. The molecule has 1 heterocycles. The highest BCUT2D eigenvalue weighted by atomic mass is 32.1. The lowest BCUT2D eigenvalue weighted by Gasteiger charge is -2.33. The molecule has 24 heavy (non-hydrogen) atoms. The molecule has 1 N–H and O–H groups in total. The summed E-state index contributed by atoms with van der Waals surface area (Å²) in [5, 5.41) is 12.5. The fraction of sp³-hybridized carbons (Fsp3) is 0.706. The van der Waals surface area contributed by atoms with E-state index in [9.17, 15) is 14.7 Å². The van der Waals surface area contributed by atoms with Crippen LogP contribution >= 0.6 is 11.3 Å². The molecule has 6 nitrogen and oxygen atoms in total. The minimum Gasteiger partial charge on any atom is -0.464 e. The van der Waals surface area contributed by atoms with Gasteiger partial charge in [0.05, 0.1) is 7.11 Å². The Labute approximate surface area is 147 Å². The standard InChI is InChI=1S/C17H28N2O4S/c1-10(2)7-15(21)19(5)13(11(3)4)8-14(20)16-18-12(9-24-16)17(22)23-6/h9-11,13-14,20H,7-8H2,1-6H3/t13-,14-/m1/s1. The maximum atomic E-state index is 12.3. The van der Waals surface area contributed by atoms with E-state index in [1.54, 1.807) is 17.3 Å². The lowest BCUT2D eigenvalue weighted by molar-refractivity contribution is -0.134. The summed E-state index contributed by atoms with van der Waals surface area (Å²) < 4.78 is 4.63. The van der Waals surface area contributed by atoms with Crippen LogP contribution in [0, 0.1) is 11.8 Å². The molecule has 0 bridgehead atoms. The zero-order valence-corrected chi connectivity index (χ0v) is 16.1. The third-order valence-electron chi connectivity index (χ3n) is 3.91. The van der Waals surface area contributed by atoms with Gasteiger partial charge in [0.2, 0.25) is 5.91 Å². The highest BCUT2D eigenvalue weighted by Crippen LogP contribution is 2.27. The summed E-state index contributed by atoms with van der Waals surface area (Å²) in [7, 11) is 3.08. The molecule has 0 aliphatic rings. The molecule has 0 aliphatic heterocycles. The molecule has 0 saturated heterocycles. The Morgan fingerprint density at radius 1 is 1.33 bits per heavy atom. The summed E-state index contributed by atoms with van der Waals surface area (Å²) in [6.07, 6.45) is 0.0428. The van der Waals surface area contributed by atoms with Crippen molar-refractivity contribution in [1.29, 1.82) is 0 Å². The molecule has 136 valence electrons. The summed E-state index contributed by atoms with van der Waals surface area (Å²) in [5.41, 5.74) is 0.196. The molecule has 0 aromatic carbocycles. The summed E-state index contributed by atoms with van der Waals surface area (Å²) in [4.78, 5) is 29.6. The first-order chi connectivity index (χ1) is 11.2. The minimum atomic E-state index is -0.824. The van der Waals surface area contributed by atoms with Gasteiger partial charge in [-0.05, 0) is 11.8 Å². The first-order valence-corrected chi connectivity index (χ1v) is 9.02. The van der Waals surface area contributed by atoms with Crippen LogP contribution in [-0.2, 0) is 9.53 Å². The molecular formula is C17H28N2O4S. The van der Waals surface area contributed by atoms with Crippen LogP contribution in [0.1, 0.15) is 62.1 Å². The number of esters is 1. The van der Waals surface area contributed by atoms with Gasteiger partial charge >= 0.3 is 5.97 Å². The number of amides is 1. The van der Waals surface area contributed by atoms with E-state index in [0.29, 0.717) is 23.8 Å². The number of aliphatic hydroxyl groups is 1. The number of carbonyl (C=O) groups excluding carboxylic acids is 2. The van der Waals surface area contributed by atoms with E-state index >= 15 is 0 Å². The maximum Gasteiger partial charge on any atom is 0.357 e. The highest BCUT2D eigenvalue weighted by Gasteiger charge is 2.28. The molecule has 0 radical (unpaired) electrons. The normalized spacial score (nSPS) is 13.9. The highest BCUT2D eigenvalue weighted by molar-refractivity contribution is 7.09. The molecule has 1 aromatic heterocycles. The topological polar surface area (TPSA) is 79.7 Å². The zero-order valence-electron chi connectivity index (χ0n) is 15.3. The minimum absolute atomic E-state index is 0.0743. The Hall–Kier alpha value is -1.47. The molecule has 1 aromatic rings. The fourth-order valence-corrected chi connectivity index (χ4v) is 3.31. The van der Waals surface area contributed by atoms with Crippen LogP contribution in [0.15, 0.2) is 5.38 Å². The van der Waals surface area contributed by atoms with Crippen molar-refractivity contribution in [2.45, 2.75) is 52.7 Å². The Morgan fingerprint density at radius 3 is 2.46 bits per heavy atom. The summed E-state index contributed by atoms with van der Waals surface area (Å²) in [6, 6.07) is -0.100. The van der Waals surface area contributed by atoms with E-state index in [2.05, 4.69) is 9.72 Å². The van der Waals surface area contributed by atoms with Gasteiger partial charge in [0.15, 0.2) is 5.69 Å². The van der Waals surface area contributed by atoms with Gasteiger partial charge in [-0.1, -0.05) is 27.7 Å². The van der Waals surface area contributed by atoms with Crippen molar-refractivity contribution in [2.24, 2.45) is 11.8 Å². The number of aliphatic hydroxyl groups excluding tert-OH is 1. The second-order valence-electron chi connectivity index (χ2n) is 6.73. The number of ether oxygens (including phenoxy) is 1. The van der Waals surface area contributed by atoms with Gasteiger partial charge in [-0.25, -0.2) is 9.78 Å². The SMILES string of the molecule is COC(=O)c1csc([C@H](O)C[C@H](C(C)C)N(C)C(=O)CC(C)C)n1. The number of methoxy groups -OCH3 is 1. The van der Waals surface area contributed by atoms with Crippen molar-refractivity contribution in [2.75, 3.05) is 14.2 Å². The third-order valence-corrected chi connectivity index (χ3v) is 4.86. The number of carbonyl (C=O) groups is 2. The van der Waals surface area contributed by atoms with Crippen molar-refractivity contribution < 1.29 is 19.4 Å². The van der Waals surface area contributed by atoms with Crippen LogP contribution < -0.4 is 0 Å². The number of aromatic nitrogens is 1. The average molecular weight is 356 g/mol. The number of hydrogen-bond donors (Lipinski definition) is 1. The van der Waals surface area contributed by atoms with Crippen LogP contribution in [0.5, 0.6) is 0 Å². The van der Waals surface area contributed by atoms with Gasteiger partial charge in [0, 0.05) is 31.3 Å². The molecule has 0 unspecified atom stereocenters. The van der Waals surface area contributed by atoms with Crippen molar-refractivity contribution >= 4 is 23.2 Å². The second-order valence-corrected chi connectivity index (χ2v) is 7.62. The summed E-state index contributed by atoms with van der Waals surface area (Å²) in [6.45, 7) is 8.07. The summed E-state index contributed by atoms with van der Waals surface area (Å²) in [5.74, 6) is 0.0414. The van der Waals surface area contributed by atoms with Crippen LogP contribution in [-0.4, -0.2) is 47.1 Å². The molecule has 0 spiro atoms. The van der Waals surface area contributed by atoms with E-state index in [1.807, 2.05) is 27.7 Å². The van der Waals surface area contributed by atoms with Gasteiger partial charge in [0.25, 0.3) is 0 Å². The first kappa shape index (κ1) is 20.6. The molecular weight excluding hydrogens is 328 g/mol. The van der Waals surface area contributed by atoms with E-state index in [4.69, 9.17) is 0 Å². The van der Waals surface area contributed by atoms with Crippen LogP contribution in [0.2, 0.25) is 0 Å².